The molecule has 214 valence electrons. The standard InChI is InChI=1S/C34H34N4OS3/c1-34(2,3)23-17-18-27-28(21-35)32(42-29(27)19-23)38-31(39)30(22-11-6-4-7-12-22)41-26-16-10-15-25(20-26)37-33(40)36-24-13-8-5-9-14-24/h4-16,20,23,30H,17-19H2,1-3H3,(H,38,39)(H2,36,37,40). The molecule has 1 aliphatic rings. The average molecular weight is 611 g/mol. The molecule has 0 fully saturated rings. The highest BCUT2D eigenvalue weighted by Crippen LogP contribution is 2.45. The summed E-state index contributed by atoms with van der Waals surface area (Å²) >= 11 is 8.55. The monoisotopic (exact) mass is 610 g/mol. The van der Waals surface area contributed by atoms with Gasteiger partial charge in [-0.15, -0.1) is 23.1 Å². The number of hydrogen-bond donors (Lipinski definition) is 3. The third-order valence-electron chi connectivity index (χ3n) is 7.56. The molecule has 0 saturated carbocycles. The van der Waals surface area contributed by atoms with E-state index < -0.39 is 5.25 Å². The van der Waals surface area contributed by atoms with Crippen molar-refractivity contribution in [2.45, 2.75) is 50.2 Å². The summed E-state index contributed by atoms with van der Waals surface area (Å²) in [4.78, 5) is 16.1. The molecule has 0 radical (unpaired) electrons. The smallest absolute Gasteiger partial charge is 0.243 e. The number of anilines is 3. The fourth-order valence-corrected chi connectivity index (χ4v) is 7.81. The van der Waals surface area contributed by atoms with Crippen LogP contribution in [0.2, 0.25) is 0 Å². The van der Waals surface area contributed by atoms with Gasteiger partial charge in [-0.05, 0) is 84.3 Å². The number of benzene rings is 3. The van der Waals surface area contributed by atoms with E-state index in [1.165, 1.54) is 16.6 Å². The van der Waals surface area contributed by atoms with Gasteiger partial charge in [0.2, 0.25) is 5.91 Å². The minimum Gasteiger partial charge on any atom is -0.332 e. The molecule has 1 aromatic heterocycles. The molecule has 42 heavy (non-hydrogen) atoms. The number of carbonyl (C=O) groups is 1. The summed E-state index contributed by atoms with van der Waals surface area (Å²) in [5, 5.41) is 20.3. The van der Waals surface area contributed by atoms with E-state index in [1.54, 1.807) is 11.3 Å². The van der Waals surface area contributed by atoms with Gasteiger partial charge in [0, 0.05) is 21.1 Å². The van der Waals surface area contributed by atoms with Crippen molar-refractivity contribution in [2.24, 2.45) is 11.3 Å². The Morgan fingerprint density at radius 3 is 2.33 bits per heavy atom. The third-order valence-corrected chi connectivity index (χ3v) is 10.2. The zero-order chi connectivity index (χ0) is 29.7. The maximum atomic E-state index is 13.9. The molecule has 4 aromatic rings. The van der Waals surface area contributed by atoms with Crippen molar-refractivity contribution < 1.29 is 4.79 Å². The van der Waals surface area contributed by atoms with Gasteiger partial charge in [0.1, 0.15) is 16.3 Å². The van der Waals surface area contributed by atoms with E-state index in [0.717, 1.165) is 46.7 Å². The van der Waals surface area contributed by atoms with Gasteiger partial charge in [0.25, 0.3) is 0 Å². The maximum Gasteiger partial charge on any atom is 0.243 e. The van der Waals surface area contributed by atoms with Crippen LogP contribution in [-0.4, -0.2) is 11.0 Å². The molecule has 1 amide bonds. The van der Waals surface area contributed by atoms with E-state index in [4.69, 9.17) is 12.2 Å². The van der Waals surface area contributed by atoms with Crippen LogP contribution in [0.25, 0.3) is 0 Å². The number of rotatable bonds is 7. The van der Waals surface area contributed by atoms with Gasteiger partial charge in [-0.25, -0.2) is 0 Å². The molecule has 5 rings (SSSR count). The Balaban J connectivity index is 1.35. The second-order valence-corrected chi connectivity index (χ2v) is 14.2. The van der Waals surface area contributed by atoms with Crippen LogP contribution in [0, 0.1) is 22.7 Å². The second kappa shape index (κ2) is 13.1. The van der Waals surface area contributed by atoms with Crippen molar-refractivity contribution in [3.05, 3.63) is 106 Å². The number of nitrogens with one attached hydrogen (secondary N) is 3. The Hall–Kier alpha value is -3.64. The van der Waals surface area contributed by atoms with Crippen LogP contribution in [0.5, 0.6) is 0 Å². The van der Waals surface area contributed by atoms with Crippen LogP contribution < -0.4 is 16.0 Å². The molecule has 3 N–H and O–H groups in total. The summed E-state index contributed by atoms with van der Waals surface area (Å²) < 4.78 is 0. The molecule has 8 heteroatoms. The first kappa shape index (κ1) is 29.8. The number of thiophene rings is 1. The molecular formula is C34H34N4OS3. The zero-order valence-electron chi connectivity index (χ0n) is 23.9. The highest BCUT2D eigenvalue weighted by molar-refractivity contribution is 8.00. The van der Waals surface area contributed by atoms with Gasteiger partial charge >= 0.3 is 0 Å². The number of carbonyl (C=O) groups excluding carboxylic acids is 1. The Morgan fingerprint density at radius 1 is 0.976 bits per heavy atom. The molecule has 2 atom stereocenters. The number of thiocarbonyl (C=S) groups is 1. The zero-order valence-corrected chi connectivity index (χ0v) is 26.4. The van der Waals surface area contributed by atoms with Crippen LogP contribution in [0.1, 0.15) is 54.0 Å². The Labute approximate surface area is 261 Å². The lowest BCUT2D eigenvalue weighted by Gasteiger charge is -2.33. The van der Waals surface area contributed by atoms with E-state index >= 15 is 0 Å². The summed E-state index contributed by atoms with van der Waals surface area (Å²) in [6, 6.07) is 29.8. The predicted octanol–water partition coefficient (Wildman–Crippen LogP) is 9.05. The van der Waals surface area contributed by atoms with Gasteiger partial charge in [-0.2, -0.15) is 5.26 Å². The van der Waals surface area contributed by atoms with E-state index in [-0.39, 0.29) is 11.3 Å². The molecule has 0 spiro atoms. The van der Waals surface area contributed by atoms with Crippen molar-refractivity contribution in [3.8, 4) is 6.07 Å². The Bertz CT molecular complexity index is 1600. The van der Waals surface area contributed by atoms with Crippen LogP contribution in [0.15, 0.2) is 89.8 Å². The van der Waals surface area contributed by atoms with Crippen molar-refractivity contribution >= 4 is 62.7 Å². The molecule has 3 aromatic carbocycles. The van der Waals surface area contributed by atoms with E-state index in [9.17, 15) is 10.1 Å². The first-order valence-corrected chi connectivity index (χ1v) is 16.1. The number of fused-ring (bicyclic) bond motifs is 1. The highest BCUT2D eigenvalue weighted by Gasteiger charge is 2.33. The highest BCUT2D eigenvalue weighted by atomic mass is 32.2. The van der Waals surface area contributed by atoms with Gasteiger partial charge in [-0.1, -0.05) is 75.4 Å². The summed E-state index contributed by atoms with van der Waals surface area (Å²) in [5.41, 5.74) is 4.57. The first-order chi connectivity index (χ1) is 20.2. The number of hydrogen-bond acceptors (Lipinski definition) is 5. The minimum atomic E-state index is -0.510. The van der Waals surface area contributed by atoms with Gasteiger partial charge < -0.3 is 16.0 Å². The first-order valence-electron chi connectivity index (χ1n) is 14.0. The number of nitrogens with zero attached hydrogens (tertiary/aromatic N) is 1. The lowest BCUT2D eigenvalue weighted by atomic mass is 9.72. The quantitative estimate of drug-likeness (QED) is 0.143. The van der Waals surface area contributed by atoms with E-state index in [2.05, 4.69) is 42.8 Å². The van der Waals surface area contributed by atoms with Crippen LogP contribution in [-0.2, 0) is 17.6 Å². The van der Waals surface area contributed by atoms with Crippen molar-refractivity contribution in [1.82, 2.24) is 0 Å². The Morgan fingerprint density at radius 2 is 1.64 bits per heavy atom. The summed E-state index contributed by atoms with van der Waals surface area (Å²) in [5.74, 6) is 0.413. The van der Waals surface area contributed by atoms with Crippen molar-refractivity contribution in [3.63, 3.8) is 0 Å². The molecule has 0 bridgehead atoms. The molecule has 1 aliphatic carbocycles. The lowest BCUT2D eigenvalue weighted by molar-refractivity contribution is -0.115. The molecular weight excluding hydrogens is 577 g/mol. The van der Waals surface area contributed by atoms with Gasteiger partial charge in [0.05, 0.1) is 5.56 Å². The molecule has 0 saturated heterocycles. The summed E-state index contributed by atoms with van der Waals surface area (Å²) in [6.45, 7) is 6.84. The van der Waals surface area contributed by atoms with Crippen molar-refractivity contribution in [1.29, 1.82) is 5.26 Å². The molecule has 1 heterocycles. The lowest BCUT2D eigenvalue weighted by Crippen LogP contribution is -2.26. The van der Waals surface area contributed by atoms with E-state index in [1.807, 2.05) is 84.9 Å². The number of amides is 1. The van der Waals surface area contributed by atoms with Crippen LogP contribution in [0.4, 0.5) is 16.4 Å². The fourth-order valence-electron chi connectivity index (χ4n) is 5.21. The summed E-state index contributed by atoms with van der Waals surface area (Å²) in [6.07, 6.45) is 2.89. The fraction of sp³-hybridized carbons (Fsp3) is 0.265. The van der Waals surface area contributed by atoms with Crippen LogP contribution in [0.3, 0.4) is 0 Å². The molecule has 0 aliphatic heterocycles. The third kappa shape index (κ3) is 7.22. The number of para-hydroxylation sites is 1. The average Bonchev–Trinajstić information content (AvgIpc) is 3.32. The minimum absolute atomic E-state index is 0.145. The maximum absolute atomic E-state index is 13.9. The number of nitriles is 1. The molecule has 2 unspecified atom stereocenters. The van der Waals surface area contributed by atoms with Gasteiger partial charge in [-0.3, -0.25) is 4.79 Å². The topological polar surface area (TPSA) is 77.0 Å². The number of thioether (sulfide) groups is 1. The normalized spacial score (nSPS) is 15.1. The Kier molecular flexibility index (Phi) is 9.32. The second-order valence-electron chi connectivity index (χ2n) is 11.5. The summed E-state index contributed by atoms with van der Waals surface area (Å²) in [7, 11) is 0. The van der Waals surface area contributed by atoms with Crippen LogP contribution >= 0.6 is 35.3 Å². The molecule has 5 nitrogen and oxygen atoms in total. The van der Waals surface area contributed by atoms with Crippen molar-refractivity contribution in [2.75, 3.05) is 16.0 Å². The largest absolute Gasteiger partial charge is 0.332 e. The van der Waals surface area contributed by atoms with E-state index in [0.29, 0.717) is 21.6 Å². The van der Waals surface area contributed by atoms with Gasteiger partial charge in [0.15, 0.2) is 5.11 Å². The SMILES string of the molecule is CC(C)(C)C1CCc2c(sc(NC(=O)C(Sc3cccc(NC(=S)Nc4ccccc4)c3)c3ccccc3)c2C#N)C1. The predicted molar refractivity (Wildman–Crippen MR) is 180 cm³/mol.